The van der Waals surface area contributed by atoms with Gasteiger partial charge in [0.1, 0.15) is 4.90 Å². The van der Waals surface area contributed by atoms with Gasteiger partial charge in [0, 0.05) is 18.2 Å². The van der Waals surface area contributed by atoms with Crippen molar-refractivity contribution >= 4 is 27.3 Å². The van der Waals surface area contributed by atoms with Crippen molar-refractivity contribution in [2.75, 3.05) is 18.9 Å². The Morgan fingerprint density at radius 1 is 1.45 bits per heavy atom. The van der Waals surface area contributed by atoms with Gasteiger partial charge in [-0.3, -0.25) is 0 Å². The van der Waals surface area contributed by atoms with Crippen LogP contribution in [0.4, 0.5) is 10.1 Å². The number of nitrogens with one attached hydrogen (secondary N) is 1. The van der Waals surface area contributed by atoms with E-state index in [1.807, 2.05) is 0 Å². The molecule has 0 unspecified atom stereocenters. The Hall–Kier alpha value is -0.890. The number of anilines is 1. The quantitative estimate of drug-likeness (QED) is 0.695. The number of sulfonamides is 1. The standard InChI is InChI=1S/C12H18ClFN2O3S/c1-12(2,3-4-17)7-16-20(18,19)10-6-8(13)5-9(15)11(10)14/h5-6,16-17H,3-4,7,15H2,1-2H3. The van der Waals surface area contributed by atoms with Gasteiger partial charge < -0.3 is 10.8 Å². The van der Waals surface area contributed by atoms with Crippen molar-refractivity contribution in [1.82, 2.24) is 4.72 Å². The molecule has 1 aromatic carbocycles. The van der Waals surface area contributed by atoms with Crippen LogP contribution in [0.2, 0.25) is 5.02 Å². The summed E-state index contributed by atoms with van der Waals surface area (Å²) in [4.78, 5) is -0.581. The van der Waals surface area contributed by atoms with Gasteiger partial charge in [-0.05, 0) is 24.0 Å². The number of aliphatic hydroxyl groups is 1. The molecule has 0 amide bonds. The lowest BCUT2D eigenvalue weighted by molar-refractivity contribution is 0.213. The van der Waals surface area contributed by atoms with Crippen molar-refractivity contribution in [3.63, 3.8) is 0 Å². The third-order valence-corrected chi connectivity index (χ3v) is 4.47. The van der Waals surface area contributed by atoms with E-state index in [0.29, 0.717) is 6.42 Å². The number of benzene rings is 1. The summed E-state index contributed by atoms with van der Waals surface area (Å²) in [6.07, 6.45) is 0.412. The number of hydrogen-bond acceptors (Lipinski definition) is 4. The zero-order chi connectivity index (χ0) is 15.6. The molecule has 0 aliphatic carbocycles. The predicted molar refractivity (Wildman–Crippen MR) is 76.5 cm³/mol. The molecule has 114 valence electrons. The highest BCUT2D eigenvalue weighted by molar-refractivity contribution is 7.89. The molecule has 5 nitrogen and oxygen atoms in total. The Bertz CT molecular complexity index is 591. The van der Waals surface area contributed by atoms with Crippen LogP contribution in [0.1, 0.15) is 20.3 Å². The average molecular weight is 325 g/mol. The summed E-state index contributed by atoms with van der Waals surface area (Å²) in [7, 11) is -4.06. The van der Waals surface area contributed by atoms with Gasteiger partial charge in [0.25, 0.3) is 0 Å². The molecule has 0 aromatic heterocycles. The van der Waals surface area contributed by atoms with Crippen LogP contribution in [0.5, 0.6) is 0 Å². The van der Waals surface area contributed by atoms with Crippen molar-refractivity contribution in [2.24, 2.45) is 5.41 Å². The van der Waals surface area contributed by atoms with Crippen molar-refractivity contribution in [1.29, 1.82) is 0 Å². The Kier molecular flexibility index (Phi) is 5.37. The van der Waals surface area contributed by atoms with E-state index < -0.39 is 26.2 Å². The lowest BCUT2D eigenvalue weighted by Gasteiger charge is -2.23. The first-order chi connectivity index (χ1) is 9.09. The van der Waals surface area contributed by atoms with E-state index in [-0.39, 0.29) is 23.9 Å². The van der Waals surface area contributed by atoms with Gasteiger partial charge >= 0.3 is 0 Å². The maximum Gasteiger partial charge on any atom is 0.243 e. The molecule has 0 saturated carbocycles. The van der Waals surface area contributed by atoms with Gasteiger partial charge in [-0.1, -0.05) is 25.4 Å². The topological polar surface area (TPSA) is 92.4 Å². The lowest BCUT2D eigenvalue weighted by Crippen LogP contribution is -2.35. The predicted octanol–water partition coefficient (Wildman–Crippen LogP) is 1.75. The molecule has 0 fully saturated rings. The maximum absolute atomic E-state index is 13.8. The summed E-state index contributed by atoms with van der Waals surface area (Å²) >= 11 is 5.70. The Labute approximate surface area is 123 Å². The van der Waals surface area contributed by atoms with E-state index in [4.69, 9.17) is 22.4 Å². The van der Waals surface area contributed by atoms with E-state index in [1.54, 1.807) is 13.8 Å². The van der Waals surface area contributed by atoms with Gasteiger partial charge in [-0.2, -0.15) is 0 Å². The summed E-state index contributed by atoms with van der Waals surface area (Å²) in [5.74, 6) is -1.03. The van der Waals surface area contributed by atoms with Crippen LogP contribution in [0, 0.1) is 11.2 Å². The number of hydrogen-bond donors (Lipinski definition) is 3. The number of aliphatic hydroxyl groups excluding tert-OH is 1. The van der Waals surface area contributed by atoms with Crippen LogP contribution >= 0.6 is 11.6 Å². The van der Waals surface area contributed by atoms with Gasteiger partial charge in [0.15, 0.2) is 5.82 Å². The third-order valence-electron chi connectivity index (χ3n) is 2.85. The van der Waals surface area contributed by atoms with E-state index >= 15 is 0 Å². The second-order valence-electron chi connectivity index (χ2n) is 5.27. The number of nitrogens with two attached hydrogens (primary N) is 1. The van der Waals surface area contributed by atoms with Gasteiger partial charge in [0.05, 0.1) is 5.69 Å². The largest absolute Gasteiger partial charge is 0.396 e. The first kappa shape index (κ1) is 17.2. The van der Waals surface area contributed by atoms with E-state index in [1.165, 1.54) is 0 Å². The second-order valence-corrected chi connectivity index (χ2v) is 7.44. The second kappa shape index (κ2) is 6.26. The first-order valence-corrected chi connectivity index (χ1v) is 7.80. The molecule has 0 radical (unpaired) electrons. The summed E-state index contributed by atoms with van der Waals surface area (Å²) in [6.45, 7) is 3.57. The van der Waals surface area contributed by atoms with Crippen LogP contribution in [-0.4, -0.2) is 26.7 Å². The van der Waals surface area contributed by atoms with Crippen LogP contribution < -0.4 is 10.5 Å². The highest BCUT2D eigenvalue weighted by Crippen LogP contribution is 2.26. The molecule has 0 aliphatic heterocycles. The number of rotatable bonds is 6. The summed E-state index contributed by atoms with van der Waals surface area (Å²) < 4.78 is 40.3. The molecule has 0 atom stereocenters. The van der Waals surface area contributed by atoms with Crippen molar-refractivity contribution in [3.05, 3.63) is 23.0 Å². The summed E-state index contributed by atoms with van der Waals surface area (Å²) in [5, 5.41) is 8.93. The highest BCUT2D eigenvalue weighted by Gasteiger charge is 2.25. The minimum Gasteiger partial charge on any atom is -0.396 e. The van der Waals surface area contributed by atoms with E-state index in [0.717, 1.165) is 12.1 Å². The SMILES string of the molecule is CC(C)(CCO)CNS(=O)(=O)c1cc(Cl)cc(N)c1F. The van der Waals surface area contributed by atoms with Gasteiger partial charge in [-0.25, -0.2) is 17.5 Å². The zero-order valence-electron chi connectivity index (χ0n) is 11.3. The van der Waals surface area contributed by atoms with Gasteiger partial charge in [-0.15, -0.1) is 0 Å². The summed E-state index contributed by atoms with van der Waals surface area (Å²) in [5.41, 5.74) is 4.58. The van der Waals surface area contributed by atoms with E-state index in [9.17, 15) is 12.8 Å². The Balaban J connectivity index is 3.01. The monoisotopic (exact) mass is 324 g/mol. The molecule has 20 heavy (non-hydrogen) atoms. The molecule has 4 N–H and O–H groups in total. The number of nitrogen functional groups attached to an aromatic ring is 1. The van der Waals surface area contributed by atoms with Crippen LogP contribution in [0.15, 0.2) is 17.0 Å². The molecular formula is C12H18ClFN2O3S. The van der Waals surface area contributed by atoms with Crippen LogP contribution in [0.3, 0.4) is 0 Å². The minimum atomic E-state index is -4.06. The lowest BCUT2D eigenvalue weighted by atomic mass is 9.90. The van der Waals surface area contributed by atoms with Crippen molar-refractivity contribution in [3.8, 4) is 0 Å². The molecule has 8 heteroatoms. The smallest absolute Gasteiger partial charge is 0.243 e. The fraction of sp³-hybridized carbons (Fsp3) is 0.500. The molecule has 0 heterocycles. The van der Waals surface area contributed by atoms with Crippen molar-refractivity contribution in [2.45, 2.75) is 25.2 Å². The normalized spacial score (nSPS) is 12.7. The molecular weight excluding hydrogens is 307 g/mol. The zero-order valence-corrected chi connectivity index (χ0v) is 12.9. The highest BCUT2D eigenvalue weighted by atomic mass is 35.5. The molecule has 1 aromatic rings. The van der Waals surface area contributed by atoms with Crippen molar-refractivity contribution < 1.29 is 17.9 Å². The summed E-state index contributed by atoms with van der Waals surface area (Å²) in [6, 6.07) is 2.15. The maximum atomic E-state index is 13.8. The fourth-order valence-electron chi connectivity index (χ4n) is 1.54. The Morgan fingerprint density at radius 2 is 2.05 bits per heavy atom. The molecule has 0 aliphatic rings. The Morgan fingerprint density at radius 3 is 2.60 bits per heavy atom. The fourth-order valence-corrected chi connectivity index (χ4v) is 3.20. The molecule has 1 rings (SSSR count). The van der Waals surface area contributed by atoms with E-state index in [2.05, 4.69) is 4.72 Å². The molecule has 0 spiro atoms. The average Bonchev–Trinajstić information content (AvgIpc) is 2.31. The minimum absolute atomic E-state index is 0.0406. The third kappa shape index (κ3) is 4.31. The van der Waals surface area contributed by atoms with Gasteiger partial charge in [0.2, 0.25) is 10.0 Å². The molecule has 0 bridgehead atoms. The number of halogens is 2. The first-order valence-electron chi connectivity index (χ1n) is 5.94. The molecule has 0 saturated heterocycles. The van der Waals surface area contributed by atoms with Crippen LogP contribution in [0.25, 0.3) is 0 Å². The van der Waals surface area contributed by atoms with Crippen LogP contribution in [-0.2, 0) is 10.0 Å².